The third kappa shape index (κ3) is 2.98. The molecule has 2 amide bonds. The molecule has 0 fully saturated rings. The Labute approximate surface area is 108 Å². The van der Waals surface area contributed by atoms with Gasteiger partial charge in [-0.05, 0) is 24.4 Å². The number of halogens is 2. The molecule has 0 heterocycles. The van der Waals surface area contributed by atoms with E-state index in [1.807, 2.05) is 0 Å². The van der Waals surface area contributed by atoms with Gasteiger partial charge in [0.05, 0.1) is 15.7 Å². The van der Waals surface area contributed by atoms with Gasteiger partial charge in [0.1, 0.15) is 0 Å². The van der Waals surface area contributed by atoms with E-state index in [1.165, 1.54) is 7.05 Å². The lowest BCUT2D eigenvalue weighted by Crippen LogP contribution is -2.39. The number of benzene rings is 1. The molecule has 0 bridgehead atoms. The Morgan fingerprint density at radius 1 is 1.44 bits per heavy atom. The normalized spacial score (nSPS) is 9.69. The Bertz CT molecular complexity index is 419. The van der Waals surface area contributed by atoms with Crippen LogP contribution in [0.3, 0.4) is 0 Å². The summed E-state index contributed by atoms with van der Waals surface area (Å²) in [7, 11) is 1.45. The van der Waals surface area contributed by atoms with Gasteiger partial charge < -0.3 is 11.1 Å². The Kier molecular flexibility index (Phi) is 4.35. The van der Waals surface area contributed by atoms with Gasteiger partial charge in [-0.25, -0.2) is 4.79 Å². The topological polar surface area (TPSA) is 58.4 Å². The van der Waals surface area contributed by atoms with Crippen LogP contribution in [0.15, 0.2) is 18.2 Å². The number of nitrogens with one attached hydrogen (secondary N) is 1. The highest BCUT2D eigenvalue weighted by molar-refractivity contribution is 7.80. The summed E-state index contributed by atoms with van der Waals surface area (Å²) >= 11 is 16.8. The molecule has 0 spiro atoms. The molecular formula is C9H9Cl2N3OS. The molecule has 0 saturated carbocycles. The van der Waals surface area contributed by atoms with Gasteiger partial charge in [-0.15, -0.1) is 0 Å². The molecule has 0 aliphatic rings. The molecule has 4 nitrogen and oxygen atoms in total. The Morgan fingerprint density at radius 2 is 1.94 bits per heavy atom. The zero-order valence-electron chi connectivity index (χ0n) is 8.33. The monoisotopic (exact) mass is 277 g/mol. The van der Waals surface area contributed by atoms with Gasteiger partial charge in [0.25, 0.3) is 0 Å². The maximum atomic E-state index is 10.9. The first-order valence-corrected chi connectivity index (χ1v) is 5.38. The first-order valence-electron chi connectivity index (χ1n) is 4.21. The van der Waals surface area contributed by atoms with Gasteiger partial charge in [-0.1, -0.05) is 29.3 Å². The Balaban J connectivity index is 2.89. The summed E-state index contributed by atoms with van der Waals surface area (Å²) < 4.78 is 0. The molecule has 0 radical (unpaired) electrons. The first-order chi connectivity index (χ1) is 7.43. The second-order valence-electron chi connectivity index (χ2n) is 2.92. The lowest BCUT2D eigenvalue weighted by molar-refractivity contribution is 0.236. The van der Waals surface area contributed by atoms with E-state index in [9.17, 15) is 4.79 Å². The SMILES string of the molecule is CN(C(N)=O)C(=S)Nc1c(Cl)cccc1Cl. The highest BCUT2D eigenvalue weighted by Crippen LogP contribution is 2.29. The van der Waals surface area contributed by atoms with Crippen molar-refractivity contribution in [3.63, 3.8) is 0 Å². The molecule has 0 aliphatic heterocycles. The number of thiocarbonyl (C=S) groups is 1. The number of carbonyl (C=O) groups excluding carboxylic acids is 1. The number of para-hydroxylation sites is 1. The van der Waals surface area contributed by atoms with Crippen LogP contribution in [0.4, 0.5) is 10.5 Å². The van der Waals surface area contributed by atoms with Gasteiger partial charge in [0.15, 0.2) is 5.11 Å². The van der Waals surface area contributed by atoms with E-state index in [0.717, 1.165) is 4.90 Å². The zero-order valence-corrected chi connectivity index (χ0v) is 10.7. The molecule has 3 N–H and O–H groups in total. The van der Waals surface area contributed by atoms with Crippen LogP contribution in [0.2, 0.25) is 10.0 Å². The maximum Gasteiger partial charge on any atom is 0.320 e. The minimum atomic E-state index is -0.666. The minimum absolute atomic E-state index is 0.127. The van der Waals surface area contributed by atoms with E-state index in [1.54, 1.807) is 18.2 Å². The van der Waals surface area contributed by atoms with Crippen LogP contribution in [0.5, 0.6) is 0 Å². The molecular weight excluding hydrogens is 269 g/mol. The lowest BCUT2D eigenvalue weighted by atomic mass is 10.3. The number of anilines is 1. The standard InChI is InChI=1S/C9H9Cl2N3OS/c1-14(8(12)15)9(16)13-7-5(10)3-2-4-6(7)11/h2-4H,1H3,(H2,12,15)(H,13,16). The second kappa shape index (κ2) is 5.34. The quantitative estimate of drug-likeness (QED) is 0.776. The number of amides is 2. The van der Waals surface area contributed by atoms with Crippen molar-refractivity contribution in [1.29, 1.82) is 0 Å². The number of urea groups is 1. The summed E-state index contributed by atoms with van der Waals surface area (Å²) in [6.45, 7) is 0. The Hall–Kier alpha value is -1.04. The van der Waals surface area contributed by atoms with Crippen molar-refractivity contribution < 1.29 is 4.79 Å². The van der Waals surface area contributed by atoms with Gasteiger partial charge in [0, 0.05) is 7.05 Å². The predicted molar refractivity (Wildman–Crippen MR) is 70.0 cm³/mol. The molecule has 7 heteroatoms. The van der Waals surface area contributed by atoms with Gasteiger partial charge >= 0.3 is 6.03 Å². The number of primary amides is 1. The fourth-order valence-electron chi connectivity index (χ4n) is 0.908. The second-order valence-corrected chi connectivity index (χ2v) is 4.13. The molecule has 86 valence electrons. The maximum absolute atomic E-state index is 10.9. The average Bonchev–Trinajstić information content (AvgIpc) is 2.22. The van der Waals surface area contributed by atoms with Crippen molar-refractivity contribution in [2.75, 3.05) is 12.4 Å². The first kappa shape index (κ1) is 13.0. The van der Waals surface area contributed by atoms with Crippen molar-refractivity contribution in [2.24, 2.45) is 5.73 Å². The third-order valence-corrected chi connectivity index (χ3v) is 2.84. The highest BCUT2D eigenvalue weighted by Gasteiger charge is 2.12. The van der Waals surface area contributed by atoms with Gasteiger partial charge in [-0.2, -0.15) is 0 Å². The molecule has 16 heavy (non-hydrogen) atoms. The van der Waals surface area contributed by atoms with Crippen molar-refractivity contribution in [2.45, 2.75) is 0 Å². The third-order valence-electron chi connectivity index (χ3n) is 1.83. The van der Waals surface area contributed by atoms with Crippen LogP contribution >= 0.6 is 35.4 Å². The fraction of sp³-hybridized carbons (Fsp3) is 0.111. The fourth-order valence-corrected chi connectivity index (χ4v) is 1.59. The molecule has 0 atom stereocenters. The lowest BCUT2D eigenvalue weighted by Gasteiger charge is -2.18. The average molecular weight is 278 g/mol. The van der Waals surface area contributed by atoms with Crippen LogP contribution in [0, 0.1) is 0 Å². The molecule has 0 unspecified atom stereocenters. The van der Waals surface area contributed by atoms with Crippen molar-refractivity contribution in [1.82, 2.24) is 4.90 Å². The summed E-state index contributed by atoms with van der Waals surface area (Å²) in [5, 5.41) is 3.70. The van der Waals surface area contributed by atoms with Crippen LogP contribution in [-0.4, -0.2) is 23.1 Å². The van der Waals surface area contributed by atoms with E-state index in [2.05, 4.69) is 5.32 Å². The largest absolute Gasteiger partial charge is 0.351 e. The predicted octanol–water partition coefficient (Wildman–Crippen LogP) is 2.70. The summed E-state index contributed by atoms with van der Waals surface area (Å²) in [5.74, 6) is 0. The number of hydrogen-bond acceptors (Lipinski definition) is 2. The summed E-state index contributed by atoms with van der Waals surface area (Å²) in [4.78, 5) is 11.9. The summed E-state index contributed by atoms with van der Waals surface area (Å²) in [6, 6.07) is 4.35. The molecule has 1 aromatic carbocycles. The zero-order chi connectivity index (χ0) is 12.3. The van der Waals surface area contributed by atoms with E-state index in [-0.39, 0.29) is 5.11 Å². The number of carbonyl (C=O) groups is 1. The minimum Gasteiger partial charge on any atom is -0.351 e. The number of rotatable bonds is 1. The smallest absolute Gasteiger partial charge is 0.320 e. The van der Waals surface area contributed by atoms with Crippen LogP contribution in [0.25, 0.3) is 0 Å². The highest BCUT2D eigenvalue weighted by atomic mass is 35.5. The van der Waals surface area contributed by atoms with Crippen LogP contribution in [0.1, 0.15) is 0 Å². The van der Waals surface area contributed by atoms with E-state index in [4.69, 9.17) is 41.2 Å². The number of nitrogens with zero attached hydrogens (tertiary/aromatic N) is 1. The number of nitrogens with two attached hydrogens (primary N) is 1. The number of hydrogen-bond donors (Lipinski definition) is 2. The van der Waals surface area contributed by atoms with Crippen molar-refractivity contribution in [3.8, 4) is 0 Å². The molecule has 0 aliphatic carbocycles. The summed E-state index contributed by atoms with van der Waals surface area (Å²) in [6.07, 6.45) is 0. The molecule has 1 aromatic rings. The molecule has 1 rings (SSSR count). The van der Waals surface area contributed by atoms with E-state index < -0.39 is 6.03 Å². The Morgan fingerprint density at radius 3 is 2.38 bits per heavy atom. The van der Waals surface area contributed by atoms with Crippen molar-refractivity contribution in [3.05, 3.63) is 28.2 Å². The van der Waals surface area contributed by atoms with Gasteiger partial charge in [0.2, 0.25) is 0 Å². The van der Waals surface area contributed by atoms with Crippen molar-refractivity contribution >= 4 is 52.3 Å². The van der Waals surface area contributed by atoms with Crippen LogP contribution in [-0.2, 0) is 0 Å². The molecule has 0 aromatic heterocycles. The van der Waals surface area contributed by atoms with Crippen LogP contribution < -0.4 is 11.1 Å². The van der Waals surface area contributed by atoms with Gasteiger partial charge in [-0.3, -0.25) is 4.90 Å². The molecule has 0 saturated heterocycles. The van der Waals surface area contributed by atoms with E-state index >= 15 is 0 Å². The van der Waals surface area contributed by atoms with E-state index in [0.29, 0.717) is 15.7 Å². The summed E-state index contributed by atoms with van der Waals surface area (Å²) in [5.41, 5.74) is 5.51.